The minimum absolute atomic E-state index is 0.130. The van der Waals surface area contributed by atoms with Gasteiger partial charge in [0.25, 0.3) is 11.5 Å². The van der Waals surface area contributed by atoms with Crippen molar-refractivity contribution in [3.63, 3.8) is 0 Å². The van der Waals surface area contributed by atoms with E-state index in [0.29, 0.717) is 37.6 Å². The van der Waals surface area contributed by atoms with Crippen LogP contribution in [0, 0.1) is 12.8 Å². The molecule has 5 N–H and O–H groups in total. The van der Waals surface area contributed by atoms with Gasteiger partial charge in [0.2, 0.25) is 5.91 Å². The average molecular weight is 478 g/mol. The van der Waals surface area contributed by atoms with Crippen molar-refractivity contribution >= 4 is 23.5 Å². The number of carbonyl (C=O) groups is 2. The Morgan fingerprint density at radius 1 is 1.15 bits per heavy atom. The molecule has 1 atom stereocenters. The highest BCUT2D eigenvalue weighted by Crippen LogP contribution is 2.40. The van der Waals surface area contributed by atoms with E-state index in [2.05, 4.69) is 9.97 Å². The fourth-order valence-corrected chi connectivity index (χ4v) is 4.05. The first kappa shape index (κ1) is 23.7. The smallest absolute Gasteiger partial charge is 0.381 e. The topological polar surface area (TPSA) is 139 Å². The van der Waals surface area contributed by atoms with Crippen LogP contribution in [0.4, 0.5) is 24.8 Å². The molecule has 12 heteroatoms. The Balaban J connectivity index is 1.65. The lowest BCUT2D eigenvalue weighted by atomic mass is 9.89. The number of rotatable bonds is 5. The Morgan fingerprint density at radius 2 is 1.79 bits per heavy atom. The van der Waals surface area contributed by atoms with E-state index >= 15 is 0 Å². The molecule has 2 aliphatic rings. The first-order chi connectivity index (χ1) is 15.9. The zero-order valence-electron chi connectivity index (χ0n) is 18.5. The van der Waals surface area contributed by atoms with Crippen molar-refractivity contribution in [2.45, 2.75) is 31.5 Å². The summed E-state index contributed by atoms with van der Waals surface area (Å²) in [6.07, 6.45) is -2.15. The Kier molecular flexibility index (Phi) is 5.88. The highest BCUT2D eigenvalue weighted by Gasteiger charge is 2.60. The van der Waals surface area contributed by atoms with Crippen molar-refractivity contribution in [3.05, 3.63) is 35.5 Å². The van der Waals surface area contributed by atoms with E-state index in [4.69, 9.17) is 11.5 Å². The quantitative estimate of drug-likeness (QED) is 0.589. The number of nitrogens with zero attached hydrogens (tertiary/aromatic N) is 4. The lowest BCUT2D eigenvalue weighted by molar-refractivity contribution is -0.255. The van der Waals surface area contributed by atoms with Gasteiger partial charge in [-0.1, -0.05) is 12.1 Å². The molecule has 0 spiro atoms. The molecule has 1 aliphatic carbocycles. The third-order valence-corrected chi connectivity index (χ3v) is 6.30. The van der Waals surface area contributed by atoms with E-state index in [9.17, 15) is 27.9 Å². The van der Waals surface area contributed by atoms with Gasteiger partial charge >= 0.3 is 6.18 Å². The predicted molar refractivity (Wildman–Crippen MR) is 117 cm³/mol. The number of aliphatic hydroxyl groups is 1. The van der Waals surface area contributed by atoms with Gasteiger partial charge in [-0.2, -0.15) is 13.2 Å². The fourth-order valence-electron chi connectivity index (χ4n) is 4.05. The number of nitrogen functional groups attached to an aromatic ring is 1. The summed E-state index contributed by atoms with van der Waals surface area (Å²) < 4.78 is 40.6. The average Bonchev–Trinajstić information content (AvgIpc) is 3.63. The normalized spacial score (nSPS) is 18.5. The zero-order valence-corrected chi connectivity index (χ0v) is 18.5. The van der Waals surface area contributed by atoms with Crippen LogP contribution in [0.15, 0.2) is 24.4 Å². The number of amides is 2. The summed E-state index contributed by atoms with van der Waals surface area (Å²) >= 11 is 0. The third-order valence-electron chi connectivity index (χ3n) is 6.30. The van der Waals surface area contributed by atoms with Crippen LogP contribution in [-0.4, -0.2) is 64.1 Å². The summed E-state index contributed by atoms with van der Waals surface area (Å²) in [4.78, 5) is 36.3. The standard InChI is InChI=1S/C22H25F3N6O3/c1-12-2-5-14(21(34,20(27)33)22(23,24)25)10-15(12)16-11-28-17(26)18(29-16)30-6-8-31(9-7-30)19(32)13-3-4-13/h2,5,10-11,13,34H,3-4,6-9H2,1H3,(H2,26,28)(H2,27,33)/t21-/m1/s1. The molecule has 0 bridgehead atoms. The fraction of sp³-hybridized carbons (Fsp3) is 0.455. The molecular weight excluding hydrogens is 453 g/mol. The number of primary amides is 1. The maximum atomic E-state index is 13.5. The van der Waals surface area contributed by atoms with Crippen molar-refractivity contribution in [3.8, 4) is 11.3 Å². The number of nitrogens with two attached hydrogens (primary N) is 2. The minimum atomic E-state index is -5.32. The summed E-state index contributed by atoms with van der Waals surface area (Å²) in [5.74, 6) is -1.15. The Labute approximate surface area is 193 Å². The van der Waals surface area contributed by atoms with Gasteiger partial charge < -0.3 is 26.4 Å². The molecule has 1 saturated carbocycles. The summed E-state index contributed by atoms with van der Waals surface area (Å²) in [7, 11) is 0. The molecule has 2 aromatic rings. The number of hydrogen-bond donors (Lipinski definition) is 3. The Bertz CT molecular complexity index is 1130. The molecule has 182 valence electrons. The van der Waals surface area contributed by atoms with Gasteiger partial charge in [0.1, 0.15) is 0 Å². The van der Waals surface area contributed by atoms with Crippen LogP contribution in [-0.2, 0) is 15.2 Å². The van der Waals surface area contributed by atoms with Crippen LogP contribution in [0.3, 0.4) is 0 Å². The third kappa shape index (κ3) is 4.13. The van der Waals surface area contributed by atoms with Gasteiger partial charge in [-0.25, -0.2) is 9.97 Å². The van der Waals surface area contributed by atoms with Crippen molar-refractivity contribution in [2.24, 2.45) is 11.7 Å². The second-order valence-corrected chi connectivity index (χ2v) is 8.65. The molecule has 0 radical (unpaired) electrons. The molecule has 1 saturated heterocycles. The molecule has 1 aromatic carbocycles. The minimum Gasteiger partial charge on any atom is -0.381 e. The lowest BCUT2D eigenvalue weighted by Crippen LogP contribution is -2.52. The summed E-state index contributed by atoms with van der Waals surface area (Å²) in [5.41, 5.74) is 7.38. The molecule has 2 fully saturated rings. The number of aryl methyl sites for hydroxylation is 1. The maximum Gasteiger partial charge on any atom is 0.430 e. The monoisotopic (exact) mass is 478 g/mol. The zero-order chi connectivity index (χ0) is 24.8. The number of anilines is 2. The van der Waals surface area contributed by atoms with Crippen molar-refractivity contribution < 1.29 is 27.9 Å². The van der Waals surface area contributed by atoms with Crippen LogP contribution in [0.25, 0.3) is 11.3 Å². The van der Waals surface area contributed by atoms with E-state index in [1.807, 2.05) is 9.80 Å². The van der Waals surface area contributed by atoms with Crippen molar-refractivity contribution in [2.75, 3.05) is 36.8 Å². The number of carbonyl (C=O) groups excluding carboxylic acids is 2. The lowest BCUT2D eigenvalue weighted by Gasteiger charge is -2.36. The van der Waals surface area contributed by atoms with Crippen LogP contribution >= 0.6 is 0 Å². The first-order valence-corrected chi connectivity index (χ1v) is 10.8. The van der Waals surface area contributed by atoms with Crippen LogP contribution in [0.1, 0.15) is 24.0 Å². The van der Waals surface area contributed by atoms with E-state index in [-0.39, 0.29) is 28.9 Å². The van der Waals surface area contributed by atoms with E-state index in [0.717, 1.165) is 25.0 Å². The largest absolute Gasteiger partial charge is 0.430 e. The van der Waals surface area contributed by atoms with Gasteiger partial charge in [-0.3, -0.25) is 9.59 Å². The number of piperazine rings is 1. The van der Waals surface area contributed by atoms with Gasteiger partial charge in [-0.15, -0.1) is 0 Å². The number of hydrogen-bond acceptors (Lipinski definition) is 7. The van der Waals surface area contributed by atoms with Gasteiger partial charge in [-0.05, 0) is 31.4 Å². The summed E-state index contributed by atoms with van der Waals surface area (Å²) in [6.45, 7) is 3.62. The Hall–Kier alpha value is -3.41. The number of alkyl halides is 3. The highest BCUT2D eigenvalue weighted by molar-refractivity contribution is 5.86. The van der Waals surface area contributed by atoms with Crippen molar-refractivity contribution in [1.29, 1.82) is 0 Å². The molecule has 0 unspecified atom stereocenters. The second kappa shape index (κ2) is 8.42. The maximum absolute atomic E-state index is 13.5. The Morgan fingerprint density at radius 3 is 2.35 bits per heavy atom. The van der Waals surface area contributed by atoms with Gasteiger partial charge in [0.05, 0.1) is 11.9 Å². The predicted octanol–water partition coefficient (Wildman–Crippen LogP) is 1.33. The molecule has 1 aliphatic heterocycles. The SMILES string of the molecule is Cc1ccc([C@@](O)(C(N)=O)C(F)(F)F)cc1-c1cnc(N)c(N2CCN(C(=O)C3CC3)CC2)n1. The van der Waals surface area contributed by atoms with E-state index < -0.39 is 23.2 Å². The van der Waals surface area contributed by atoms with E-state index in [1.54, 1.807) is 6.92 Å². The summed E-state index contributed by atoms with van der Waals surface area (Å²) in [5, 5.41) is 10.2. The molecule has 4 rings (SSSR count). The molecular formula is C22H25F3N6O3. The van der Waals surface area contributed by atoms with Gasteiger partial charge in [0, 0.05) is 43.2 Å². The molecule has 1 aromatic heterocycles. The molecule has 2 amide bonds. The molecule has 2 heterocycles. The molecule has 34 heavy (non-hydrogen) atoms. The van der Waals surface area contributed by atoms with Gasteiger partial charge in [0.15, 0.2) is 11.6 Å². The second-order valence-electron chi connectivity index (χ2n) is 8.65. The first-order valence-electron chi connectivity index (χ1n) is 10.8. The van der Waals surface area contributed by atoms with E-state index in [1.165, 1.54) is 12.3 Å². The number of aromatic nitrogens is 2. The molecule has 9 nitrogen and oxygen atoms in total. The summed E-state index contributed by atoms with van der Waals surface area (Å²) in [6, 6.07) is 3.37. The number of halogens is 3. The van der Waals surface area contributed by atoms with Crippen LogP contribution in [0.5, 0.6) is 0 Å². The van der Waals surface area contributed by atoms with Crippen LogP contribution in [0.2, 0.25) is 0 Å². The highest BCUT2D eigenvalue weighted by atomic mass is 19.4. The van der Waals surface area contributed by atoms with Crippen molar-refractivity contribution in [1.82, 2.24) is 14.9 Å². The number of benzene rings is 1. The van der Waals surface area contributed by atoms with Crippen LogP contribution < -0.4 is 16.4 Å².